The van der Waals surface area contributed by atoms with E-state index in [1.165, 1.54) is 12.8 Å². The Morgan fingerprint density at radius 2 is 2.04 bits per heavy atom. The molecule has 0 spiro atoms. The van der Waals surface area contributed by atoms with Crippen LogP contribution in [0.2, 0.25) is 0 Å². The molecule has 0 radical (unpaired) electrons. The second-order valence-electron chi connectivity index (χ2n) is 6.82. The average Bonchev–Trinajstić information content (AvgIpc) is 3.28. The predicted molar refractivity (Wildman–Crippen MR) is 101 cm³/mol. The highest BCUT2D eigenvalue weighted by molar-refractivity contribution is 6.11. The van der Waals surface area contributed by atoms with Crippen LogP contribution in [0.3, 0.4) is 0 Å². The van der Waals surface area contributed by atoms with E-state index in [2.05, 4.69) is 5.32 Å². The maximum atomic E-state index is 12.8. The molecule has 1 amide bonds. The first-order chi connectivity index (χ1) is 12.7. The van der Waals surface area contributed by atoms with E-state index in [-0.39, 0.29) is 5.91 Å². The molecule has 26 heavy (non-hydrogen) atoms. The highest BCUT2D eigenvalue weighted by atomic mass is 16.5. The average molecular weight is 352 g/mol. The summed E-state index contributed by atoms with van der Waals surface area (Å²) in [4.78, 5) is 17.7. The molecule has 0 unspecified atom stereocenters. The second-order valence-corrected chi connectivity index (χ2v) is 6.82. The molecule has 6 nitrogen and oxygen atoms in total. The molecule has 0 bridgehead atoms. The zero-order valence-electron chi connectivity index (χ0n) is 15.3. The van der Waals surface area contributed by atoms with Crippen LogP contribution in [0.15, 0.2) is 29.3 Å². The van der Waals surface area contributed by atoms with Crippen molar-refractivity contribution in [1.29, 1.82) is 0 Å². The third-order valence-corrected chi connectivity index (χ3v) is 5.27. The Hall–Kier alpha value is -2.63. The van der Waals surface area contributed by atoms with Crippen molar-refractivity contribution < 1.29 is 9.53 Å². The molecule has 1 fully saturated rings. The normalized spacial score (nSPS) is 17.5. The van der Waals surface area contributed by atoms with Crippen molar-refractivity contribution in [3.63, 3.8) is 0 Å². The maximum Gasteiger partial charge on any atom is 0.257 e. The number of para-hydroxylation sites is 1. The smallest absolute Gasteiger partial charge is 0.257 e. The molecule has 0 atom stereocenters. The number of methoxy groups -OCH3 is 1. The molecule has 4 rings (SSSR count). The molecular weight excluding hydrogens is 328 g/mol. The number of carbonyl (C=O) groups is 1. The highest BCUT2D eigenvalue weighted by Gasteiger charge is 2.30. The fourth-order valence-corrected chi connectivity index (χ4v) is 3.92. The Morgan fingerprint density at radius 1 is 1.27 bits per heavy atom. The van der Waals surface area contributed by atoms with E-state index in [1.807, 2.05) is 35.9 Å². The van der Waals surface area contributed by atoms with Crippen LogP contribution < -0.4 is 10.1 Å². The third kappa shape index (κ3) is 2.79. The minimum absolute atomic E-state index is 0.0882. The van der Waals surface area contributed by atoms with Gasteiger partial charge in [-0.3, -0.25) is 4.79 Å². The molecule has 2 aliphatic rings. The largest absolute Gasteiger partial charge is 0.496 e. The fraction of sp³-hybridized carbons (Fsp3) is 0.450. The van der Waals surface area contributed by atoms with E-state index in [1.54, 1.807) is 7.11 Å². The summed E-state index contributed by atoms with van der Waals surface area (Å²) in [6.45, 7) is 2.41. The van der Waals surface area contributed by atoms with E-state index >= 15 is 0 Å². The number of benzene rings is 1. The number of ether oxygens (including phenoxy) is 1. The molecule has 136 valence electrons. The van der Waals surface area contributed by atoms with E-state index in [4.69, 9.17) is 14.8 Å². The van der Waals surface area contributed by atoms with Gasteiger partial charge in [0.15, 0.2) is 5.82 Å². The Kier molecular flexibility index (Phi) is 4.49. The number of rotatable bonds is 4. The van der Waals surface area contributed by atoms with Crippen molar-refractivity contribution in [2.75, 3.05) is 13.7 Å². The van der Waals surface area contributed by atoms with Crippen molar-refractivity contribution in [2.45, 2.75) is 45.1 Å². The summed E-state index contributed by atoms with van der Waals surface area (Å²) in [5.74, 6) is 1.37. The first-order valence-corrected chi connectivity index (χ1v) is 9.33. The van der Waals surface area contributed by atoms with Crippen molar-refractivity contribution in [2.24, 2.45) is 4.99 Å². The van der Waals surface area contributed by atoms with Gasteiger partial charge in [-0.1, -0.05) is 31.9 Å². The van der Waals surface area contributed by atoms with Crippen LogP contribution in [0.4, 0.5) is 5.82 Å². The van der Waals surface area contributed by atoms with Crippen LogP contribution in [0, 0.1) is 0 Å². The minimum atomic E-state index is -0.0882. The van der Waals surface area contributed by atoms with Gasteiger partial charge in [0, 0.05) is 5.56 Å². The van der Waals surface area contributed by atoms with Gasteiger partial charge in [-0.2, -0.15) is 5.10 Å². The number of nitrogens with one attached hydrogen (secondary N) is 1. The lowest BCUT2D eigenvalue weighted by Gasteiger charge is -2.13. The zero-order chi connectivity index (χ0) is 18.1. The zero-order valence-corrected chi connectivity index (χ0v) is 15.3. The number of carbonyl (C=O) groups excluding carboxylic acids is 1. The molecule has 1 aromatic heterocycles. The third-order valence-electron chi connectivity index (χ3n) is 5.27. The standard InChI is InChI=1S/C20H24N4O2/c1-3-15-18-19(24(23-15)13-8-4-5-9-13)22-16(12-21-20(18)25)14-10-6-7-11-17(14)26-2/h6-7,10-11,13H,3-5,8-9,12H2,1-2H3,(H,21,25). The number of nitrogens with zero attached hydrogens (tertiary/aromatic N) is 3. The van der Waals surface area contributed by atoms with Crippen molar-refractivity contribution in [3.05, 3.63) is 41.1 Å². The summed E-state index contributed by atoms with van der Waals surface area (Å²) in [6.07, 6.45) is 5.32. The van der Waals surface area contributed by atoms with Crippen molar-refractivity contribution in [1.82, 2.24) is 15.1 Å². The topological polar surface area (TPSA) is 68.5 Å². The van der Waals surface area contributed by atoms with E-state index in [0.29, 0.717) is 24.0 Å². The number of hydrogen-bond acceptors (Lipinski definition) is 4. The minimum Gasteiger partial charge on any atom is -0.496 e. The summed E-state index contributed by atoms with van der Waals surface area (Å²) in [6, 6.07) is 8.11. The van der Waals surface area contributed by atoms with E-state index < -0.39 is 0 Å². The van der Waals surface area contributed by atoms with Crippen molar-refractivity contribution in [3.8, 4) is 5.75 Å². The molecule has 6 heteroatoms. The molecule has 2 heterocycles. The number of fused-ring (bicyclic) bond motifs is 1. The summed E-state index contributed by atoms with van der Waals surface area (Å²) >= 11 is 0. The van der Waals surface area contributed by atoms with Crippen LogP contribution in [0.25, 0.3) is 0 Å². The Bertz CT molecular complexity index is 863. The van der Waals surface area contributed by atoms with Gasteiger partial charge in [-0.05, 0) is 31.4 Å². The molecule has 1 saturated carbocycles. The van der Waals surface area contributed by atoms with Crippen molar-refractivity contribution >= 4 is 17.4 Å². The summed E-state index contributed by atoms with van der Waals surface area (Å²) in [5, 5.41) is 7.77. The molecule has 1 aliphatic heterocycles. The Balaban J connectivity index is 1.88. The van der Waals surface area contributed by atoms with Gasteiger partial charge in [0.25, 0.3) is 5.91 Å². The van der Waals surface area contributed by atoms with Crippen LogP contribution in [0.1, 0.15) is 60.3 Å². The molecule has 0 saturated heterocycles. The lowest BCUT2D eigenvalue weighted by Crippen LogP contribution is -2.28. The predicted octanol–water partition coefficient (Wildman–Crippen LogP) is 3.43. The van der Waals surface area contributed by atoms with Gasteiger partial charge in [0.2, 0.25) is 0 Å². The maximum absolute atomic E-state index is 12.8. The van der Waals surface area contributed by atoms with Gasteiger partial charge < -0.3 is 10.1 Å². The lowest BCUT2D eigenvalue weighted by molar-refractivity contribution is 0.0960. The quantitative estimate of drug-likeness (QED) is 0.916. The number of aliphatic imine (C=N–C) groups is 1. The number of aromatic nitrogens is 2. The molecule has 1 aromatic carbocycles. The van der Waals surface area contributed by atoms with Gasteiger partial charge >= 0.3 is 0 Å². The van der Waals surface area contributed by atoms with E-state index in [0.717, 1.165) is 42.0 Å². The monoisotopic (exact) mass is 352 g/mol. The summed E-state index contributed by atoms with van der Waals surface area (Å²) in [7, 11) is 1.65. The number of hydrogen-bond donors (Lipinski definition) is 1. The lowest BCUT2D eigenvalue weighted by atomic mass is 10.1. The first-order valence-electron chi connectivity index (χ1n) is 9.33. The van der Waals surface area contributed by atoms with Gasteiger partial charge in [0.1, 0.15) is 11.3 Å². The Labute approximate surface area is 153 Å². The van der Waals surface area contributed by atoms with Gasteiger partial charge in [0.05, 0.1) is 31.1 Å². The summed E-state index contributed by atoms with van der Waals surface area (Å²) in [5.41, 5.74) is 3.16. The fourth-order valence-electron chi connectivity index (χ4n) is 3.92. The second kappa shape index (κ2) is 6.94. The number of aryl methyl sites for hydroxylation is 1. The SMILES string of the molecule is CCc1nn(C2CCCC2)c2c1C(=O)NCC(c1ccccc1OC)=N2. The van der Waals surface area contributed by atoms with E-state index in [9.17, 15) is 4.79 Å². The first kappa shape index (κ1) is 16.8. The highest BCUT2D eigenvalue weighted by Crippen LogP contribution is 2.36. The molecule has 1 N–H and O–H groups in total. The number of amides is 1. The molecular formula is C20H24N4O2. The van der Waals surface area contributed by atoms with Crippen LogP contribution in [-0.2, 0) is 6.42 Å². The van der Waals surface area contributed by atoms with Gasteiger partial charge in [-0.25, -0.2) is 9.67 Å². The van der Waals surface area contributed by atoms with Crippen LogP contribution in [-0.4, -0.2) is 35.1 Å². The van der Waals surface area contributed by atoms with Crippen LogP contribution in [0.5, 0.6) is 5.75 Å². The summed E-state index contributed by atoms with van der Waals surface area (Å²) < 4.78 is 7.50. The Morgan fingerprint density at radius 3 is 2.77 bits per heavy atom. The van der Waals surface area contributed by atoms with Gasteiger partial charge in [-0.15, -0.1) is 0 Å². The van der Waals surface area contributed by atoms with Crippen LogP contribution >= 0.6 is 0 Å². The molecule has 2 aromatic rings. The molecule has 1 aliphatic carbocycles.